The Morgan fingerprint density at radius 1 is 0.913 bits per heavy atom. The summed E-state index contributed by atoms with van der Waals surface area (Å²) < 4.78 is 26.4. The highest BCUT2D eigenvalue weighted by atomic mass is 32.2. The van der Waals surface area contributed by atoms with E-state index in [-0.39, 0.29) is 12.6 Å². The van der Waals surface area contributed by atoms with E-state index in [9.17, 15) is 8.42 Å². The number of hydrogen-bond donors (Lipinski definition) is 3. The third-order valence-electron chi connectivity index (χ3n) is 3.47. The van der Waals surface area contributed by atoms with Crippen LogP contribution < -0.4 is 10.0 Å². The SMILES string of the molecule is CS(=O)(=O)N[C@@H](c1ccccc1)[C@H](NCCO)c1ccccc1. The standard InChI is InChI=1S/C17H22N2O3S/c1-23(21,22)19-17(15-10-6-3-7-11-15)16(18-12-13-20)14-8-4-2-5-9-14/h2-11,16-20H,12-13H2,1H3/t16-,17+/m1/s1. The van der Waals surface area contributed by atoms with Gasteiger partial charge in [-0.05, 0) is 11.1 Å². The number of benzene rings is 2. The highest BCUT2D eigenvalue weighted by Gasteiger charge is 2.26. The summed E-state index contributed by atoms with van der Waals surface area (Å²) in [5, 5.41) is 12.4. The van der Waals surface area contributed by atoms with E-state index in [1.54, 1.807) is 0 Å². The van der Waals surface area contributed by atoms with Crippen LogP contribution in [0.5, 0.6) is 0 Å². The largest absolute Gasteiger partial charge is 0.395 e. The fraction of sp³-hybridized carbons (Fsp3) is 0.294. The number of nitrogens with one attached hydrogen (secondary N) is 2. The van der Waals surface area contributed by atoms with E-state index in [1.807, 2.05) is 60.7 Å². The van der Waals surface area contributed by atoms with Gasteiger partial charge < -0.3 is 10.4 Å². The van der Waals surface area contributed by atoms with E-state index >= 15 is 0 Å². The summed E-state index contributed by atoms with van der Waals surface area (Å²) in [6.07, 6.45) is 1.15. The normalized spacial score (nSPS) is 14.3. The van der Waals surface area contributed by atoms with Gasteiger partial charge in [-0.3, -0.25) is 0 Å². The van der Waals surface area contributed by atoms with Gasteiger partial charge in [0.25, 0.3) is 0 Å². The molecule has 0 radical (unpaired) electrons. The Balaban J connectivity index is 2.43. The monoisotopic (exact) mass is 334 g/mol. The molecule has 0 bridgehead atoms. The molecular weight excluding hydrogens is 312 g/mol. The maximum atomic E-state index is 11.8. The highest BCUT2D eigenvalue weighted by Crippen LogP contribution is 2.29. The van der Waals surface area contributed by atoms with Crippen LogP contribution >= 0.6 is 0 Å². The van der Waals surface area contributed by atoms with Crippen LogP contribution in [0.4, 0.5) is 0 Å². The van der Waals surface area contributed by atoms with Crippen molar-refractivity contribution in [1.29, 1.82) is 0 Å². The van der Waals surface area contributed by atoms with Crippen molar-refractivity contribution in [1.82, 2.24) is 10.0 Å². The summed E-state index contributed by atoms with van der Waals surface area (Å²) in [5.41, 5.74) is 1.81. The fourth-order valence-electron chi connectivity index (χ4n) is 2.53. The predicted molar refractivity (Wildman–Crippen MR) is 91.4 cm³/mol. The second kappa shape index (κ2) is 8.21. The van der Waals surface area contributed by atoms with Crippen LogP contribution in [-0.4, -0.2) is 32.9 Å². The quantitative estimate of drug-likeness (QED) is 0.685. The maximum Gasteiger partial charge on any atom is 0.209 e. The molecule has 6 heteroatoms. The van der Waals surface area contributed by atoms with Crippen molar-refractivity contribution in [3.8, 4) is 0 Å². The summed E-state index contributed by atoms with van der Waals surface area (Å²) in [6, 6.07) is 18.3. The predicted octanol–water partition coefficient (Wildman–Crippen LogP) is 1.60. The van der Waals surface area contributed by atoms with Gasteiger partial charge in [0.05, 0.1) is 24.9 Å². The Kier molecular flexibility index (Phi) is 6.29. The van der Waals surface area contributed by atoms with E-state index in [4.69, 9.17) is 5.11 Å². The number of aliphatic hydroxyl groups excluding tert-OH is 1. The molecule has 2 rings (SSSR count). The summed E-state index contributed by atoms with van der Waals surface area (Å²) in [6.45, 7) is 0.345. The zero-order valence-electron chi connectivity index (χ0n) is 13.0. The Labute approximate surface area is 137 Å². The summed E-state index contributed by atoms with van der Waals surface area (Å²) in [7, 11) is -3.40. The van der Waals surface area contributed by atoms with Gasteiger partial charge in [0.15, 0.2) is 0 Å². The third kappa shape index (κ3) is 5.44. The summed E-state index contributed by atoms with van der Waals surface area (Å²) >= 11 is 0. The molecular formula is C17H22N2O3S. The van der Waals surface area contributed by atoms with Crippen molar-refractivity contribution in [3.63, 3.8) is 0 Å². The fourth-order valence-corrected chi connectivity index (χ4v) is 3.26. The van der Waals surface area contributed by atoms with E-state index < -0.39 is 16.1 Å². The van der Waals surface area contributed by atoms with Gasteiger partial charge >= 0.3 is 0 Å². The minimum absolute atomic E-state index is 0.0241. The van der Waals surface area contributed by atoms with Gasteiger partial charge in [0.2, 0.25) is 10.0 Å². The molecule has 0 spiro atoms. The van der Waals surface area contributed by atoms with E-state index in [0.29, 0.717) is 6.54 Å². The van der Waals surface area contributed by atoms with Crippen LogP contribution in [0.3, 0.4) is 0 Å². The lowest BCUT2D eigenvalue weighted by atomic mass is 9.94. The topological polar surface area (TPSA) is 78.4 Å². The van der Waals surface area contributed by atoms with Crippen molar-refractivity contribution in [2.45, 2.75) is 12.1 Å². The Hall–Kier alpha value is -1.73. The zero-order chi connectivity index (χ0) is 16.7. The van der Waals surface area contributed by atoms with Crippen LogP contribution in [0, 0.1) is 0 Å². The van der Waals surface area contributed by atoms with Crippen LogP contribution in [0.2, 0.25) is 0 Å². The third-order valence-corrected chi connectivity index (χ3v) is 4.15. The van der Waals surface area contributed by atoms with Crippen molar-refractivity contribution in [2.24, 2.45) is 0 Å². The molecule has 0 unspecified atom stereocenters. The molecule has 2 atom stereocenters. The molecule has 0 aliphatic carbocycles. The highest BCUT2D eigenvalue weighted by molar-refractivity contribution is 7.88. The van der Waals surface area contributed by atoms with Gasteiger partial charge in [-0.2, -0.15) is 0 Å². The van der Waals surface area contributed by atoms with Gasteiger partial charge in [0.1, 0.15) is 0 Å². The van der Waals surface area contributed by atoms with E-state index in [1.165, 1.54) is 0 Å². The summed E-state index contributed by atoms with van der Waals surface area (Å²) in [4.78, 5) is 0. The molecule has 124 valence electrons. The first-order chi connectivity index (χ1) is 11.0. The van der Waals surface area contributed by atoms with Gasteiger partial charge in [-0.1, -0.05) is 60.7 Å². The molecule has 0 saturated heterocycles. The molecule has 2 aromatic carbocycles. The van der Waals surface area contributed by atoms with Gasteiger partial charge in [-0.15, -0.1) is 0 Å². The molecule has 5 nitrogen and oxygen atoms in total. The Morgan fingerprint density at radius 3 is 1.83 bits per heavy atom. The lowest BCUT2D eigenvalue weighted by molar-refractivity contribution is 0.277. The zero-order valence-corrected chi connectivity index (χ0v) is 13.8. The number of hydrogen-bond acceptors (Lipinski definition) is 4. The molecule has 0 heterocycles. The lowest BCUT2D eigenvalue weighted by Gasteiger charge is -2.29. The van der Waals surface area contributed by atoms with Crippen molar-refractivity contribution >= 4 is 10.0 Å². The number of aliphatic hydroxyl groups is 1. The minimum Gasteiger partial charge on any atom is -0.395 e. The van der Waals surface area contributed by atoms with Gasteiger partial charge in [0, 0.05) is 6.54 Å². The first-order valence-corrected chi connectivity index (χ1v) is 9.32. The molecule has 0 aliphatic heterocycles. The van der Waals surface area contributed by atoms with Gasteiger partial charge in [-0.25, -0.2) is 13.1 Å². The van der Waals surface area contributed by atoms with Crippen LogP contribution in [0.25, 0.3) is 0 Å². The molecule has 23 heavy (non-hydrogen) atoms. The molecule has 0 aromatic heterocycles. The van der Waals surface area contributed by atoms with E-state index in [0.717, 1.165) is 17.4 Å². The second-order valence-corrected chi connectivity index (χ2v) is 7.12. The first kappa shape index (κ1) is 17.6. The average molecular weight is 334 g/mol. The van der Waals surface area contributed by atoms with E-state index in [2.05, 4.69) is 10.0 Å². The van der Waals surface area contributed by atoms with Crippen molar-refractivity contribution in [2.75, 3.05) is 19.4 Å². The minimum atomic E-state index is -3.40. The van der Waals surface area contributed by atoms with Crippen LogP contribution in [0.1, 0.15) is 23.2 Å². The van der Waals surface area contributed by atoms with Crippen molar-refractivity contribution in [3.05, 3.63) is 71.8 Å². The average Bonchev–Trinajstić information content (AvgIpc) is 2.55. The van der Waals surface area contributed by atoms with Crippen LogP contribution in [0.15, 0.2) is 60.7 Å². The molecule has 0 fully saturated rings. The Morgan fingerprint density at radius 2 is 1.39 bits per heavy atom. The molecule has 3 N–H and O–H groups in total. The van der Waals surface area contributed by atoms with Crippen molar-refractivity contribution < 1.29 is 13.5 Å². The lowest BCUT2D eigenvalue weighted by Crippen LogP contribution is -2.39. The second-order valence-electron chi connectivity index (χ2n) is 5.34. The number of rotatable bonds is 8. The first-order valence-electron chi connectivity index (χ1n) is 7.42. The molecule has 2 aromatic rings. The smallest absolute Gasteiger partial charge is 0.209 e. The maximum absolute atomic E-state index is 11.8. The van der Waals surface area contributed by atoms with Crippen LogP contribution in [-0.2, 0) is 10.0 Å². The molecule has 0 saturated carbocycles. The Bertz CT molecular complexity index is 690. The molecule has 0 amide bonds. The molecule has 0 aliphatic rings. The summed E-state index contributed by atoms with van der Waals surface area (Å²) in [5.74, 6) is 0. The number of sulfonamides is 1.